The maximum absolute atomic E-state index is 5.74. The largest absolute Gasteiger partial charge is 0.374 e. The highest BCUT2D eigenvalue weighted by Crippen LogP contribution is 2.21. The van der Waals surface area contributed by atoms with Gasteiger partial charge in [-0.05, 0) is 44.8 Å². The van der Waals surface area contributed by atoms with Gasteiger partial charge in [-0.1, -0.05) is 26.7 Å². The fourth-order valence-electron chi connectivity index (χ4n) is 3.09. The van der Waals surface area contributed by atoms with E-state index in [4.69, 9.17) is 9.84 Å². The Balaban J connectivity index is 2.04. The van der Waals surface area contributed by atoms with Crippen LogP contribution in [0.15, 0.2) is 6.07 Å². The monoisotopic (exact) mass is 293 g/mol. The number of hydrogen-bond donors (Lipinski definition) is 0. The van der Waals surface area contributed by atoms with Crippen molar-refractivity contribution in [2.45, 2.75) is 65.0 Å². The molecule has 0 N–H and O–H groups in total. The molecule has 1 aliphatic rings. The minimum atomic E-state index is 0.108. The number of hydrogen-bond acceptors (Lipinski definition) is 3. The van der Waals surface area contributed by atoms with E-state index >= 15 is 0 Å². The standard InChI is InChI=1S/C17H31N3O/c1-4-6-12-20-15(5-2)13-16(18-20)17(21-3)14-19-10-8-7-9-11-19/h13,17H,4-12,14H2,1-3H3. The van der Waals surface area contributed by atoms with E-state index in [1.165, 1.54) is 50.9 Å². The zero-order valence-corrected chi connectivity index (χ0v) is 14.0. The van der Waals surface area contributed by atoms with Crippen LogP contribution in [0, 0.1) is 0 Å². The number of ether oxygens (including phenoxy) is 1. The first-order valence-electron chi connectivity index (χ1n) is 8.60. The molecule has 0 amide bonds. The van der Waals surface area contributed by atoms with Gasteiger partial charge in [0.2, 0.25) is 0 Å². The van der Waals surface area contributed by atoms with E-state index in [1.807, 2.05) is 7.11 Å². The predicted octanol–water partition coefficient (Wildman–Crippen LogP) is 3.42. The topological polar surface area (TPSA) is 30.3 Å². The van der Waals surface area contributed by atoms with E-state index in [-0.39, 0.29) is 6.10 Å². The molecule has 4 heteroatoms. The lowest BCUT2D eigenvalue weighted by molar-refractivity contribution is 0.0537. The summed E-state index contributed by atoms with van der Waals surface area (Å²) < 4.78 is 7.92. The third-order valence-electron chi connectivity index (χ3n) is 4.46. The molecule has 1 atom stereocenters. The van der Waals surface area contributed by atoms with Crippen LogP contribution in [-0.2, 0) is 17.7 Å². The van der Waals surface area contributed by atoms with E-state index in [0.717, 1.165) is 25.2 Å². The molecule has 0 radical (unpaired) electrons. The van der Waals surface area contributed by atoms with Crippen LogP contribution in [-0.4, -0.2) is 41.4 Å². The number of unbranched alkanes of at least 4 members (excludes halogenated alkanes) is 1. The molecule has 1 fully saturated rings. The van der Waals surface area contributed by atoms with Crippen LogP contribution in [0.25, 0.3) is 0 Å². The first-order chi connectivity index (χ1) is 10.3. The summed E-state index contributed by atoms with van der Waals surface area (Å²) in [6.45, 7) is 8.85. The van der Waals surface area contributed by atoms with Gasteiger partial charge in [-0.3, -0.25) is 4.68 Å². The predicted molar refractivity (Wildman–Crippen MR) is 86.6 cm³/mol. The van der Waals surface area contributed by atoms with Gasteiger partial charge in [-0.15, -0.1) is 0 Å². The smallest absolute Gasteiger partial charge is 0.114 e. The van der Waals surface area contributed by atoms with Crippen LogP contribution < -0.4 is 0 Å². The van der Waals surface area contributed by atoms with Gasteiger partial charge in [0.05, 0.1) is 5.69 Å². The van der Waals surface area contributed by atoms with E-state index in [0.29, 0.717) is 0 Å². The fourth-order valence-corrected chi connectivity index (χ4v) is 3.09. The van der Waals surface area contributed by atoms with Crippen LogP contribution >= 0.6 is 0 Å². The Hall–Kier alpha value is -0.870. The van der Waals surface area contributed by atoms with Crippen molar-refractivity contribution in [3.05, 3.63) is 17.5 Å². The van der Waals surface area contributed by atoms with Crippen molar-refractivity contribution in [1.82, 2.24) is 14.7 Å². The Kier molecular flexibility index (Phi) is 6.71. The van der Waals surface area contributed by atoms with Crippen molar-refractivity contribution in [1.29, 1.82) is 0 Å². The molecular formula is C17H31N3O. The van der Waals surface area contributed by atoms with Gasteiger partial charge in [0.1, 0.15) is 6.10 Å². The second-order valence-corrected chi connectivity index (χ2v) is 6.08. The SMILES string of the molecule is CCCCn1nc(C(CN2CCCCC2)OC)cc1CC. The summed E-state index contributed by atoms with van der Waals surface area (Å²) in [6, 6.07) is 2.24. The second-order valence-electron chi connectivity index (χ2n) is 6.08. The summed E-state index contributed by atoms with van der Waals surface area (Å²) in [5.74, 6) is 0. The highest BCUT2D eigenvalue weighted by molar-refractivity contribution is 5.13. The van der Waals surface area contributed by atoms with Crippen molar-refractivity contribution < 1.29 is 4.74 Å². The van der Waals surface area contributed by atoms with E-state index in [1.54, 1.807) is 0 Å². The first kappa shape index (κ1) is 16.5. The maximum Gasteiger partial charge on any atom is 0.114 e. The summed E-state index contributed by atoms with van der Waals surface area (Å²) in [6.07, 6.45) is 7.56. The van der Waals surface area contributed by atoms with Gasteiger partial charge >= 0.3 is 0 Å². The zero-order valence-electron chi connectivity index (χ0n) is 14.0. The molecule has 1 aromatic heterocycles. The number of aryl methyl sites for hydroxylation is 2. The van der Waals surface area contributed by atoms with Crippen LogP contribution in [0.5, 0.6) is 0 Å². The number of piperidine rings is 1. The fraction of sp³-hybridized carbons (Fsp3) is 0.824. The molecule has 4 nitrogen and oxygen atoms in total. The van der Waals surface area contributed by atoms with Crippen molar-refractivity contribution >= 4 is 0 Å². The highest BCUT2D eigenvalue weighted by atomic mass is 16.5. The third kappa shape index (κ3) is 4.55. The van der Waals surface area contributed by atoms with Gasteiger partial charge in [-0.2, -0.15) is 5.10 Å². The average molecular weight is 293 g/mol. The summed E-state index contributed by atoms with van der Waals surface area (Å²) in [7, 11) is 1.81. The Morgan fingerprint density at radius 1 is 1.24 bits per heavy atom. The quantitative estimate of drug-likeness (QED) is 0.736. The molecule has 2 rings (SSSR count). The van der Waals surface area contributed by atoms with Crippen LogP contribution in [0.3, 0.4) is 0 Å². The first-order valence-corrected chi connectivity index (χ1v) is 8.60. The summed E-state index contributed by atoms with van der Waals surface area (Å²) in [4.78, 5) is 2.52. The van der Waals surface area contributed by atoms with E-state index < -0.39 is 0 Å². The lowest BCUT2D eigenvalue weighted by Gasteiger charge is -2.29. The second kappa shape index (κ2) is 8.54. The Labute approximate surface area is 129 Å². The molecule has 0 bridgehead atoms. The molecule has 0 spiro atoms. The maximum atomic E-state index is 5.74. The molecule has 1 unspecified atom stereocenters. The number of rotatable bonds is 8. The molecule has 2 heterocycles. The van der Waals surface area contributed by atoms with Crippen molar-refractivity contribution in [2.24, 2.45) is 0 Å². The zero-order chi connectivity index (χ0) is 15.1. The van der Waals surface area contributed by atoms with Crippen molar-refractivity contribution in [3.8, 4) is 0 Å². The number of nitrogens with zero attached hydrogens (tertiary/aromatic N) is 3. The van der Waals surface area contributed by atoms with Crippen LogP contribution in [0.4, 0.5) is 0 Å². The number of methoxy groups -OCH3 is 1. The molecule has 0 aromatic carbocycles. The van der Waals surface area contributed by atoms with Crippen molar-refractivity contribution in [2.75, 3.05) is 26.7 Å². The van der Waals surface area contributed by atoms with E-state index in [9.17, 15) is 0 Å². The minimum absolute atomic E-state index is 0.108. The molecular weight excluding hydrogens is 262 g/mol. The van der Waals surface area contributed by atoms with Gasteiger partial charge < -0.3 is 9.64 Å². The Morgan fingerprint density at radius 2 is 2.00 bits per heavy atom. The lowest BCUT2D eigenvalue weighted by atomic mass is 10.1. The number of aromatic nitrogens is 2. The third-order valence-corrected chi connectivity index (χ3v) is 4.46. The summed E-state index contributed by atoms with van der Waals surface area (Å²) in [5.41, 5.74) is 2.44. The van der Waals surface area contributed by atoms with E-state index in [2.05, 4.69) is 29.5 Å². The summed E-state index contributed by atoms with van der Waals surface area (Å²) >= 11 is 0. The van der Waals surface area contributed by atoms with Gasteiger partial charge in [0, 0.05) is 25.9 Å². The lowest BCUT2D eigenvalue weighted by Crippen LogP contribution is -2.34. The minimum Gasteiger partial charge on any atom is -0.374 e. The van der Waals surface area contributed by atoms with Crippen LogP contribution in [0.2, 0.25) is 0 Å². The molecule has 120 valence electrons. The normalized spacial score (nSPS) is 18.0. The molecule has 1 aliphatic heterocycles. The molecule has 1 aromatic rings. The molecule has 0 saturated carbocycles. The molecule has 21 heavy (non-hydrogen) atoms. The Morgan fingerprint density at radius 3 is 2.62 bits per heavy atom. The average Bonchev–Trinajstić information content (AvgIpc) is 2.94. The highest BCUT2D eigenvalue weighted by Gasteiger charge is 2.21. The van der Waals surface area contributed by atoms with Crippen molar-refractivity contribution in [3.63, 3.8) is 0 Å². The molecule has 1 saturated heterocycles. The van der Waals surface area contributed by atoms with Crippen LogP contribution in [0.1, 0.15) is 63.4 Å². The molecule has 0 aliphatic carbocycles. The van der Waals surface area contributed by atoms with Gasteiger partial charge in [0.25, 0.3) is 0 Å². The Bertz CT molecular complexity index is 410. The van der Waals surface area contributed by atoms with Gasteiger partial charge in [0.15, 0.2) is 0 Å². The summed E-state index contributed by atoms with van der Waals surface area (Å²) in [5, 5.41) is 4.82. The number of likely N-dealkylation sites (tertiary alicyclic amines) is 1. The van der Waals surface area contributed by atoms with Gasteiger partial charge in [-0.25, -0.2) is 0 Å².